The molecule has 0 spiro atoms. The fourth-order valence-electron chi connectivity index (χ4n) is 3.79. The number of rotatable bonds is 14. The monoisotopic (exact) mass is 387 g/mol. The molecule has 0 heterocycles. The van der Waals surface area contributed by atoms with Crippen molar-refractivity contribution in [2.75, 3.05) is 12.3 Å². The van der Waals surface area contributed by atoms with Crippen LogP contribution in [-0.2, 0) is 0 Å². The van der Waals surface area contributed by atoms with Gasteiger partial charge in [0.15, 0.2) is 0 Å². The predicted molar refractivity (Wildman–Crippen MR) is 122 cm³/mol. The highest BCUT2D eigenvalue weighted by molar-refractivity contribution is 8.76. The SMILES string of the molecule is CCCSSNCCC(C)/C=C/C(C)(C)CC(C)(C)CC(C)(C)CC. The van der Waals surface area contributed by atoms with Gasteiger partial charge < -0.3 is 0 Å². The van der Waals surface area contributed by atoms with Crippen LogP contribution < -0.4 is 4.72 Å². The molecule has 0 aliphatic heterocycles. The Hall–Kier alpha value is 0.400. The fraction of sp³-hybridized carbons (Fsp3) is 0.909. The Kier molecular flexibility index (Phi) is 12.2. The van der Waals surface area contributed by atoms with Gasteiger partial charge >= 0.3 is 0 Å². The number of hydrogen-bond donors (Lipinski definition) is 1. The zero-order valence-corrected chi connectivity index (χ0v) is 20.1. The molecule has 0 aliphatic rings. The lowest BCUT2D eigenvalue weighted by molar-refractivity contribution is 0.141. The Morgan fingerprint density at radius 2 is 1.60 bits per heavy atom. The Morgan fingerprint density at radius 3 is 2.16 bits per heavy atom. The second-order valence-electron chi connectivity index (χ2n) is 9.95. The van der Waals surface area contributed by atoms with Crippen molar-refractivity contribution in [2.24, 2.45) is 22.2 Å². The first-order valence-electron chi connectivity index (χ1n) is 10.1. The summed E-state index contributed by atoms with van der Waals surface area (Å²) in [5.74, 6) is 1.87. The van der Waals surface area contributed by atoms with Gasteiger partial charge in [-0.1, -0.05) is 91.7 Å². The van der Waals surface area contributed by atoms with Gasteiger partial charge in [-0.05, 0) is 58.8 Å². The maximum absolute atomic E-state index is 3.46. The van der Waals surface area contributed by atoms with Crippen LogP contribution in [0, 0.1) is 22.2 Å². The summed E-state index contributed by atoms with van der Waals surface area (Å²) in [4.78, 5) is 0. The molecule has 1 nitrogen and oxygen atoms in total. The summed E-state index contributed by atoms with van der Waals surface area (Å²) in [6, 6.07) is 0. The van der Waals surface area contributed by atoms with Crippen LogP contribution >= 0.6 is 21.8 Å². The van der Waals surface area contributed by atoms with Crippen molar-refractivity contribution >= 4 is 21.8 Å². The first-order chi connectivity index (χ1) is 11.4. The van der Waals surface area contributed by atoms with Crippen LogP contribution in [0.1, 0.15) is 94.4 Å². The smallest absolute Gasteiger partial charge is 0.00719 e. The Labute approximate surface area is 167 Å². The second-order valence-corrected chi connectivity index (χ2v) is 12.3. The summed E-state index contributed by atoms with van der Waals surface area (Å²) in [5.41, 5.74) is 1.09. The summed E-state index contributed by atoms with van der Waals surface area (Å²) in [7, 11) is 3.72. The molecule has 0 fully saturated rings. The normalized spacial score (nSPS) is 15.1. The third-order valence-electron chi connectivity index (χ3n) is 4.83. The minimum Gasteiger partial charge on any atom is -0.255 e. The van der Waals surface area contributed by atoms with Gasteiger partial charge in [0.05, 0.1) is 0 Å². The van der Waals surface area contributed by atoms with E-state index in [1.54, 1.807) is 11.0 Å². The standard InChI is InChI=1S/C22H45NS2/c1-10-16-24-25-23-15-13-19(3)12-14-21(6,7)18-22(8,9)17-20(4,5)11-2/h12,14,19,23H,10-11,13,15-18H2,1-9H3/b14-12+. The van der Waals surface area contributed by atoms with Gasteiger partial charge in [-0.25, -0.2) is 0 Å². The molecule has 0 saturated heterocycles. The quantitative estimate of drug-likeness (QED) is 0.140. The molecule has 0 bridgehead atoms. The average molecular weight is 388 g/mol. The van der Waals surface area contributed by atoms with E-state index in [4.69, 9.17) is 0 Å². The Morgan fingerprint density at radius 1 is 0.960 bits per heavy atom. The summed E-state index contributed by atoms with van der Waals surface area (Å²) in [5, 5.41) is 0. The molecule has 0 aromatic rings. The van der Waals surface area contributed by atoms with Crippen LogP contribution in [-0.4, -0.2) is 12.3 Å². The summed E-state index contributed by atoms with van der Waals surface area (Å²) in [6.45, 7) is 22.5. The van der Waals surface area contributed by atoms with E-state index < -0.39 is 0 Å². The molecule has 1 unspecified atom stereocenters. The van der Waals surface area contributed by atoms with Crippen LogP contribution in [0.4, 0.5) is 0 Å². The van der Waals surface area contributed by atoms with Gasteiger partial charge in [0.25, 0.3) is 0 Å². The molecule has 0 saturated carbocycles. The molecule has 0 aliphatic carbocycles. The maximum atomic E-state index is 3.46. The van der Waals surface area contributed by atoms with E-state index in [-0.39, 0.29) is 5.41 Å². The molecule has 1 N–H and O–H groups in total. The van der Waals surface area contributed by atoms with Gasteiger partial charge in [-0.2, -0.15) is 0 Å². The zero-order chi connectivity index (χ0) is 19.6. The first kappa shape index (κ1) is 25.4. The molecular weight excluding hydrogens is 342 g/mol. The van der Waals surface area contributed by atoms with Gasteiger partial charge in [0, 0.05) is 12.3 Å². The summed E-state index contributed by atoms with van der Waals surface area (Å²) < 4.78 is 3.46. The molecule has 0 amide bonds. The Balaban J connectivity index is 4.32. The largest absolute Gasteiger partial charge is 0.255 e. The van der Waals surface area contributed by atoms with E-state index in [1.165, 1.54) is 37.9 Å². The molecule has 0 rings (SSSR count). The van der Waals surface area contributed by atoms with Crippen molar-refractivity contribution in [3.05, 3.63) is 12.2 Å². The van der Waals surface area contributed by atoms with Crippen molar-refractivity contribution in [1.29, 1.82) is 0 Å². The average Bonchev–Trinajstić information content (AvgIpc) is 2.46. The molecular formula is C22H45NS2. The lowest BCUT2D eigenvalue weighted by Gasteiger charge is -2.39. The molecule has 150 valence electrons. The van der Waals surface area contributed by atoms with Gasteiger partial charge in [0.2, 0.25) is 0 Å². The van der Waals surface area contributed by atoms with E-state index >= 15 is 0 Å². The zero-order valence-electron chi connectivity index (χ0n) is 18.5. The predicted octanol–water partition coefficient (Wildman–Crippen LogP) is 8.13. The highest BCUT2D eigenvalue weighted by atomic mass is 33.1. The van der Waals surface area contributed by atoms with Gasteiger partial charge in [-0.15, -0.1) is 0 Å². The molecule has 0 radical (unpaired) electrons. The van der Waals surface area contributed by atoms with E-state index in [9.17, 15) is 0 Å². The minimum absolute atomic E-state index is 0.265. The summed E-state index contributed by atoms with van der Waals surface area (Å²) in [6.07, 6.45) is 11.2. The van der Waals surface area contributed by atoms with E-state index in [0.29, 0.717) is 16.7 Å². The van der Waals surface area contributed by atoms with Crippen LogP contribution in [0.15, 0.2) is 12.2 Å². The van der Waals surface area contributed by atoms with Crippen molar-refractivity contribution in [3.8, 4) is 0 Å². The van der Waals surface area contributed by atoms with Crippen LogP contribution in [0.5, 0.6) is 0 Å². The van der Waals surface area contributed by atoms with Crippen LogP contribution in [0.3, 0.4) is 0 Å². The second kappa shape index (κ2) is 12.0. The maximum Gasteiger partial charge on any atom is 0.00719 e. The highest BCUT2D eigenvalue weighted by Gasteiger charge is 2.32. The van der Waals surface area contributed by atoms with Crippen molar-refractivity contribution in [3.63, 3.8) is 0 Å². The first-order valence-corrected chi connectivity index (χ1v) is 12.5. The van der Waals surface area contributed by atoms with Gasteiger partial charge in [-0.3, -0.25) is 4.72 Å². The Bertz CT molecular complexity index is 372. The topological polar surface area (TPSA) is 12.0 Å². The van der Waals surface area contributed by atoms with E-state index in [0.717, 1.165) is 6.54 Å². The van der Waals surface area contributed by atoms with Crippen LogP contribution in [0.25, 0.3) is 0 Å². The number of hydrogen-bond acceptors (Lipinski definition) is 3. The number of nitrogens with one attached hydrogen (secondary N) is 1. The highest BCUT2D eigenvalue weighted by Crippen LogP contribution is 2.43. The molecule has 3 heteroatoms. The third-order valence-corrected chi connectivity index (χ3v) is 7.05. The number of allylic oxidation sites excluding steroid dienone is 2. The third kappa shape index (κ3) is 14.2. The van der Waals surface area contributed by atoms with Crippen molar-refractivity contribution < 1.29 is 0 Å². The van der Waals surface area contributed by atoms with Gasteiger partial charge in [0.1, 0.15) is 0 Å². The van der Waals surface area contributed by atoms with Crippen molar-refractivity contribution in [2.45, 2.75) is 94.4 Å². The molecule has 0 aromatic heterocycles. The minimum atomic E-state index is 0.265. The van der Waals surface area contributed by atoms with E-state index in [2.05, 4.69) is 79.2 Å². The molecule has 0 aromatic carbocycles. The summed E-state index contributed by atoms with van der Waals surface area (Å²) >= 11 is 0. The molecule has 25 heavy (non-hydrogen) atoms. The van der Waals surface area contributed by atoms with Crippen LogP contribution in [0.2, 0.25) is 0 Å². The van der Waals surface area contributed by atoms with Crippen molar-refractivity contribution in [1.82, 2.24) is 4.72 Å². The fourth-order valence-corrected chi connectivity index (χ4v) is 5.58. The lowest BCUT2D eigenvalue weighted by Crippen LogP contribution is -2.27. The molecule has 1 atom stereocenters. The lowest BCUT2D eigenvalue weighted by atomic mass is 9.67. The van der Waals surface area contributed by atoms with E-state index in [1.807, 2.05) is 10.8 Å².